The van der Waals surface area contributed by atoms with Crippen LogP contribution in [0.1, 0.15) is 42.9 Å². The second-order valence-electron chi connectivity index (χ2n) is 8.30. The molecule has 0 saturated heterocycles. The van der Waals surface area contributed by atoms with Crippen molar-refractivity contribution in [2.24, 2.45) is 11.1 Å². The molecule has 1 aliphatic heterocycles. The number of alkyl halides is 3. The number of nitrogens with zero attached hydrogens (tertiary/aromatic N) is 4. The lowest BCUT2D eigenvalue weighted by Gasteiger charge is -2.44. The fraction of sp³-hybridized carbons (Fsp3) is 0.600. The van der Waals surface area contributed by atoms with E-state index in [2.05, 4.69) is 21.2 Å². The van der Waals surface area contributed by atoms with Crippen LogP contribution in [0.2, 0.25) is 5.02 Å². The zero-order valence-electron chi connectivity index (χ0n) is 16.1. The smallest absolute Gasteiger partial charge is 0.330 e. The van der Waals surface area contributed by atoms with Crippen LogP contribution in [0, 0.1) is 5.41 Å². The van der Waals surface area contributed by atoms with Crippen molar-refractivity contribution in [1.82, 2.24) is 19.7 Å². The lowest BCUT2D eigenvalue weighted by Crippen LogP contribution is -2.47. The summed E-state index contributed by atoms with van der Waals surface area (Å²) < 4.78 is 40.3. The summed E-state index contributed by atoms with van der Waals surface area (Å²) in [5, 5.41) is 7.90. The molecular formula is C20H25ClF3N5. The molecule has 0 spiro atoms. The first-order valence-electron chi connectivity index (χ1n) is 9.97. The van der Waals surface area contributed by atoms with E-state index in [0.29, 0.717) is 31.5 Å². The number of benzene rings is 1. The van der Waals surface area contributed by atoms with Gasteiger partial charge in [0.2, 0.25) is 5.82 Å². The van der Waals surface area contributed by atoms with Gasteiger partial charge in [0.25, 0.3) is 0 Å². The zero-order valence-corrected chi connectivity index (χ0v) is 16.9. The van der Waals surface area contributed by atoms with Crippen LogP contribution in [0.5, 0.6) is 0 Å². The van der Waals surface area contributed by atoms with Gasteiger partial charge in [-0.05, 0) is 61.8 Å². The van der Waals surface area contributed by atoms with Crippen molar-refractivity contribution < 1.29 is 13.2 Å². The van der Waals surface area contributed by atoms with Gasteiger partial charge in [-0.15, -0.1) is 10.2 Å². The van der Waals surface area contributed by atoms with Crippen molar-refractivity contribution in [2.45, 2.75) is 57.4 Å². The fourth-order valence-corrected chi connectivity index (χ4v) is 5.02. The van der Waals surface area contributed by atoms with Crippen LogP contribution in [0.4, 0.5) is 13.2 Å². The number of hydrogen-bond acceptors (Lipinski definition) is 4. The summed E-state index contributed by atoms with van der Waals surface area (Å²) in [6, 6.07) is 8.27. The molecule has 1 aromatic carbocycles. The van der Waals surface area contributed by atoms with Crippen molar-refractivity contribution in [3.05, 3.63) is 46.5 Å². The molecule has 2 heterocycles. The Bertz CT molecular complexity index is 858. The van der Waals surface area contributed by atoms with Gasteiger partial charge in [0, 0.05) is 24.2 Å². The number of aromatic nitrogens is 3. The average Bonchev–Trinajstić information content (AvgIpc) is 3.12. The maximum Gasteiger partial charge on any atom is 0.451 e. The number of fused-ring (bicyclic) bond motifs is 1. The number of rotatable bonds is 4. The van der Waals surface area contributed by atoms with Gasteiger partial charge in [0.15, 0.2) is 0 Å². The molecule has 5 nitrogen and oxygen atoms in total. The Morgan fingerprint density at radius 2 is 1.93 bits per heavy atom. The molecule has 2 aromatic rings. The van der Waals surface area contributed by atoms with E-state index in [1.165, 1.54) is 10.1 Å². The van der Waals surface area contributed by atoms with Crippen molar-refractivity contribution in [3.63, 3.8) is 0 Å². The second-order valence-corrected chi connectivity index (χ2v) is 8.74. The Labute approximate surface area is 173 Å². The van der Waals surface area contributed by atoms with Crippen molar-refractivity contribution >= 4 is 11.6 Å². The molecule has 1 fully saturated rings. The van der Waals surface area contributed by atoms with Gasteiger partial charge in [0.1, 0.15) is 5.82 Å². The van der Waals surface area contributed by atoms with E-state index in [-0.39, 0.29) is 12.0 Å². The van der Waals surface area contributed by atoms with Crippen LogP contribution in [0.15, 0.2) is 24.3 Å². The molecule has 1 saturated carbocycles. The second kappa shape index (κ2) is 7.89. The Morgan fingerprint density at radius 1 is 1.17 bits per heavy atom. The molecule has 2 aliphatic rings. The Morgan fingerprint density at radius 3 is 2.59 bits per heavy atom. The van der Waals surface area contributed by atoms with Crippen LogP contribution in [-0.2, 0) is 25.7 Å². The third-order valence-corrected chi connectivity index (χ3v) is 6.70. The predicted octanol–water partition coefficient (Wildman–Crippen LogP) is 3.90. The number of nitrogens with two attached hydrogens (primary N) is 1. The maximum absolute atomic E-state index is 13.0. The monoisotopic (exact) mass is 427 g/mol. The van der Waals surface area contributed by atoms with E-state index >= 15 is 0 Å². The van der Waals surface area contributed by atoms with Crippen LogP contribution in [0.3, 0.4) is 0 Å². The third-order valence-electron chi connectivity index (χ3n) is 6.47. The normalized spacial score (nSPS) is 25.8. The summed E-state index contributed by atoms with van der Waals surface area (Å²) in [6.07, 6.45) is 0.408. The molecule has 0 atom stereocenters. The Kier molecular flexibility index (Phi) is 5.61. The Balaban J connectivity index is 1.40. The van der Waals surface area contributed by atoms with Crippen LogP contribution >= 0.6 is 11.6 Å². The zero-order chi connectivity index (χ0) is 20.6. The molecule has 29 heavy (non-hydrogen) atoms. The number of hydrogen-bond donors (Lipinski definition) is 1. The highest BCUT2D eigenvalue weighted by molar-refractivity contribution is 6.30. The standard InChI is InChI=1S/C20H25ClF3N5/c21-15-3-1-2-14(10-15)11-19(13-25)6-4-16(5-7-19)28-8-9-29-17(12-28)26-27-18(29)20(22,23)24/h1-3,10,16H,4-9,11-13,25H2/t16-,19+. The first-order chi connectivity index (χ1) is 13.8. The quantitative estimate of drug-likeness (QED) is 0.804. The SMILES string of the molecule is NC[C@]1(Cc2cccc(Cl)c2)CC[C@H](N2CCn3c(nnc3C(F)(F)F)C2)CC1. The minimum Gasteiger partial charge on any atom is -0.330 e. The molecule has 1 aromatic heterocycles. The highest BCUT2D eigenvalue weighted by atomic mass is 35.5. The largest absolute Gasteiger partial charge is 0.451 e. The van der Waals surface area contributed by atoms with Crippen molar-refractivity contribution in [3.8, 4) is 0 Å². The minimum atomic E-state index is -4.46. The molecular weight excluding hydrogens is 403 g/mol. The minimum absolute atomic E-state index is 0.0560. The summed E-state index contributed by atoms with van der Waals surface area (Å²) in [4.78, 5) is 2.25. The summed E-state index contributed by atoms with van der Waals surface area (Å²) in [6.45, 7) is 1.90. The molecule has 0 amide bonds. The van der Waals surface area contributed by atoms with Gasteiger partial charge < -0.3 is 10.3 Å². The molecule has 4 rings (SSSR count). The molecule has 2 N–H and O–H groups in total. The highest BCUT2D eigenvalue weighted by Crippen LogP contribution is 2.41. The predicted molar refractivity (Wildman–Crippen MR) is 104 cm³/mol. The number of halogens is 4. The summed E-state index contributed by atoms with van der Waals surface area (Å²) in [7, 11) is 0. The van der Waals surface area contributed by atoms with Gasteiger partial charge in [0.05, 0.1) is 6.54 Å². The van der Waals surface area contributed by atoms with E-state index in [1.54, 1.807) is 0 Å². The molecule has 9 heteroatoms. The molecule has 0 unspecified atom stereocenters. The van der Waals surface area contributed by atoms with E-state index in [1.807, 2.05) is 18.2 Å². The van der Waals surface area contributed by atoms with Gasteiger partial charge in [-0.2, -0.15) is 13.2 Å². The first kappa shape index (κ1) is 20.6. The summed E-state index contributed by atoms with van der Waals surface area (Å²) in [5.74, 6) is -0.488. The van der Waals surface area contributed by atoms with Crippen LogP contribution in [-0.4, -0.2) is 38.8 Å². The van der Waals surface area contributed by atoms with E-state index in [4.69, 9.17) is 17.3 Å². The lowest BCUT2D eigenvalue weighted by molar-refractivity contribution is -0.148. The van der Waals surface area contributed by atoms with Gasteiger partial charge >= 0.3 is 6.18 Å². The maximum atomic E-state index is 13.0. The molecule has 0 bridgehead atoms. The fourth-order valence-electron chi connectivity index (χ4n) is 4.81. The lowest BCUT2D eigenvalue weighted by atomic mass is 9.69. The summed E-state index contributed by atoms with van der Waals surface area (Å²) >= 11 is 6.13. The van der Waals surface area contributed by atoms with Crippen LogP contribution in [0.25, 0.3) is 0 Å². The van der Waals surface area contributed by atoms with Gasteiger partial charge in [-0.1, -0.05) is 23.7 Å². The molecule has 0 radical (unpaired) electrons. The average molecular weight is 428 g/mol. The molecule has 158 valence electrons. The summed E-state index contributed by atoms with van der Waals surface area (Å²) in [5.41, 5.74) is 7.44. The highest BCUT2D eigenvalue weighted by Gasteiger charge is 2.41. The first-order valence-corrected chi connectivity index (χ1v) is 10.4. The van der Waals surface area contributed by atoms with E-state index in [0.717, 1.165) is 37.1 Å². The van der Waals surface area contributed by atoms with E-state index < -0.39 is 12.0 Å². The van der Waals surface area contributed by atoms with E-state index in [9.17, 15) is 13.2 Å². The Hall–Kier alpha value is -1.64. The third kappa shape index (κ3) is 4.29. The molecule has 1 aliphatic carbocycles. The topological polar surface area (TPSA) is 60.0 Å². The van der Waals surface area contributed by atoms with Crippen molar-refractivity contribution in [1.29, 1.82) is 0 Å². The van der Waals surface area contributed by atoms with Gasteiger partial charge in [-0.3, -0.25) is 4.90 Å². The van der Waals surface area contributed by atoms with Gasteiger partial charge in [-0.25, -0.2) is 0 Å². The van der Waals surface area contributed by atoms with Crippen molar-refractivity contribution in [2.75, 3.05) is 13.1 Å². The van der Waals surface area contributed by atoms with Crippen LogP contribution < -0.4 is 5.73 Å².